The van der Waals surface area contributed by atoms with Gasteiger partial charge in [0, 0.05) is 24.7 Å². The molecule has 0 aliphatic heterocycles. The molecule has 0 spiro atoms. The molecule has 1 amide bonds. The topological polar surface area (TPSA) is 63.5 Å². The molecule has 0 saturated carbocycles. The van der Waals surface area contributed by atoms with E-state index < -0.39 is 4.92 Å². The highest BCUT2D eigenvalue weighted by Crippen LogP contribution is 2.34. The van der Waals surface area contributed by atoms with Crippen LogP contribution in [0.4, 0.5) is 5.69 Å². The molecule has 1 aliphatic rings. The number of aryl methyl sites for hydroxylation is 1. The molecule has 118 valence electrons. The molecule has 1 unspecified atom stereocenters. The van der Waals surface area contributed by atoms with E-state index >= 15 is 0 Å². The molecule has 0 N–H and O–H groups in total. The van der Waals surface area contributed by atoms with E-state index in [0.29, 0.717) is 5.56 Å². The predicted octanol–water partition coefficient (Wildman–Crippen LogP) is 3.74. The lowest BCUT2D eigenvalue weighted by atomic mass is 9.87. The van der Waals surface area contributed by atoms with Gasteiger partial charge >= 0.3 is 0 Å². The van der Waals surface area contributed by atoms with E-state index in [-0.39, 0.29) is 17.6 Å². The number of amides is 1. The Morgan fingerprint density at radius 3 is 2.78 bits per heavy atom. The van der Waals surface area contributed by atoms with E-state index in [4.69, 9.17) is 0 Å². The van der Waals surface area contributed by atoms with Crippen molar-refractivity contribution in [2.24, 2.45) is 0 Å². The molecule has 1 aliphatic carbocycles. The average molecular weight is 310 g/mol. The lowest BCUT2D eigenvalue weighted by molar-refractivity contribution is -0.384. The van der Waals surface area contributed by atoms with Gasteiger partial charge in [0.15, 0.2) is 0 Å². The van der Waals surface area contributed by atoms with E-state index in [2.05, 4.69) is 12.1 Å². The van der Waals surface area contributed by atoms with Gasteiger partial charge in [0.2, 0.25) is 0 Å². The fourth-order valence-corrected chi connectivity index (χ4v) is 3.23. The zero-order valence-electron chi connectivity index (χ0n) is 12.9. The number of rotatable bonds is 3. The van der Waals surface area contributed by atoms with E-state index in [1.807, 2.05) is 12.1 Å². The maximum atomic E-state index is 12.7. The number of non-ortho nitro benzene ring substituents is 1. The van der Waals surface area contributed by atoms with Gasteiger partial charge in [-0.3, -0.25) is 14.9 Å². The molecule has 1 atom stereocenters. The van der Waals surface area contributed by atoms with Crippen molar-refractivity contribution in [3.63, 3.8) is 0 Å². The number of nitro groups is 1. The fourth-order valence-electron chi connectivity index (χ4n) is 3.23. The van der Waals surface area contributed by atoms with Crippen LogP contribution in [0.25, 0.3) is 0 Å². The van der Waals surface area contributed by atoms with Crippen LogP contribution in [0.15, 0.2) is 48.5 Å². The van der Waals surface area contributed by atoms with Crippen molar-refractivity contribution in [2.45, 2.75) is 25.3 Å². The Kier molecular flexibility index (Phi) is 4.10. The summed E-state index contributed by atoms with van der Waals surface area (Å²) < 4.78 is 0. The number of fused-ring (bicyclic) bond motifs is 1. The highest BCUT2D eigenvalue weighted by Gasteiger charge is 2.27. The summed E-state index contributed by atoms with van der Waals surface area (Å²) in [6.45, 7) is 0. The Bertz CT molecular complexity index is 757. The molecule has 0 radical (unpaired) electrons. The number of carbonyl (C=O) groups excluding carboxylic acids is 1. The Hall–Kier alpha value is -2.69. The summed E-state index contributed by atoms with van der Waals surface area (Å²) >= 11 is 0. The molecule has 0 saturated heterocycles. The van der Waals surface area contributed by atoms with Crippen LogP contribution in [0.3, 0.4) is 0 Å². The Balaban J connectivity index is 1.89. The molecule has 0 bridgehead atoms. The second kappa shape index (κ2) is 6.20. The van der Waals surface area contributed by atoms with Crippen molar-refractivity contribution >= 4 is 11.6 Å². The molecule has 23 heavy (non-hydrogen) atoms. The maximum absolute atomic E-state index is 12.7. The molecule has 5 nitrogen and oxygen atoms in total. The van der Waals surface area contributed by atoms with Crippen molar-refractivity contribution in [1.82, 2.24) is 4.90 Å². The largest absolute Gasteiger partial charge is 0.335 e. The van der Waals surface area contributed by atoms with Gasteiger partial charge in [-0.1, -0.05) is 30.3 Å². The first-order valence-electron chi connectivity index (χ1n) is 7.67. The second-order valence-electron chi connectivity index (χ2n) is 5.83. The Morgan fingerprint density at radius 2 is 2.00 bits per heavy atom. The molecule has 0 aromatic heterocycles. The van der Waals surface area contributed by atoms with E-state index in [1.165, 1.54) is 23.3 Å². The third kappa shape index (κ3) is 2.95. The van der Waals surface area contributed by atoms with E-state index in [1.54, 1.807) is 24.1 Å². The number of hydrogen-bond donors (Lipinski definition) is 0. The normalized spacial score (nSPS) is 16.5. The van der Waals surface area contributed by atoms with E-state index in [0.717, 1.165) is 19.3 Å². The van der Waals surface area contributed by atoms with E-state index in [9.17, 15) is 14.9 Å². The number of hydrogen-bond acceptors (Lipinski definition) is 3. The molecule has 0 fully saturated rings. The molecule has 2 aromatic rings. The van der Waals surface area contributed by atoms with Crippen LogP contribution in [0.1, 0.15) is 40.4 Å². The summed E-state index contributed by atoms with van der Waals surface area (Å²) in [5.41, 5.74) is 2.75. The van der Waals surface area contributed by atoms with Gasteiger partial charge in [-0.25, -0.2) is 0 Å². The number of nitrogens with zero attached hydrogens (tertiary/aromatic N) is 2. The van der Waals surface area contributed by atoms with Crippen LogP contribution in [-0.4, -0.2) is 22.8 Å². The minimum atomic E-state index is -0.479. The standard InChI is InChI=1S/C18H18N2O3/c1-19(17-11-5-7-13-6-2-3-10-16(13)17)18(21)14-8-4-9-15(12-14)20(22)23/h2-4,6,8-10,12,17H,5,7,11H2,1H3. The Labute approximate surface area is 134 Å². The van der Waals surface area contributed by atoms with Gasteiger partial charge in [0.05, 0.1) is 11.0 Å². The monoisotopic (exact) mass is 310 g/mol. The van der Waals surface area contributed by atoms with Crippen molar-refractivity contribution in [2.75, 3.05) is 7.05 Å². The van der Waals surface area contributed by atoms with Crippen molar-refractivity contribution in [1.29, 1.82) is 0 Å². The number of nitro benzene ring substituents is 1. The molecule has 0 heterocycles. The van der Waals surface area contributed by atoms with Crippen molar-refractivity contribution in [3.05, 3.63) is 75.3 Å². The summed E-state index contributed by atoms with van der Waals surface area (Å²) in [5.74, 6) is -0.185. The first kappa shape index (κ1) is 15.2. The third-order valence-corrected chi connectivity index (χ3v) is 4.43. The lowest BCUT2D eigenvalue weighted by Gasteiger charge is -2.33. The summed E-state index contributed by atoms with van der Waals surface area (Å²) in [4.78, 5) is 24.8. The average Bonchev–Trinajstić information content (AvgIpc) is 2.60. The SMILES string of the molecule is CN(C(=O)c1cccc([N+](=O)[O-])c1)C1CCCc2ccccc21. The van der Waals surface area contributed by atoms with Gasteiger partial charge in [0.1, 0.15) is 0 Å². The summed E-state index contributed by atoms with van der Waals surface area (Å²) in [6.07, 6.45) is 2.98. The van der Waals surface area contributed by atoms with Crippen molar-refractivity contribution in [3.8, 4) is 0 Å². The summed E-state index contributed by atoms with van der Waals surface area (Å²) in [7, 11) is 1.77. The fraction of sp³-hybridized carbons (Fsp3) is 0.278. The molecule has 2 aromatic carbocycles. The van der Waals surface area contributed by atoms with Crippen LogP contribution in [0.2, 0.25) is 0 Å². The van der Waals surface area contributed by atoms with Crippen LogP contribution in [0, 0.1) is 10.1 Å². The first-order chi connectivity index (χ1) is 11.1. The maximum Gasteiger partial charge on any atom is 0.270 e. The minimum Gasteiger partial charge on any atom is -0.335 e. The first-order valence-corrected chi connectivity index (χ1v) is 7.67. The van der Waals surface area contributed by atoms with Gasteiger partial charge in [-0.05, 0) is 36.5 Å². The zero-order chi connectivity index (χ0) is 16.4. The molecular weight excluding hydrogens is 292 g/mol. The van der Waals surface area contributed by atoms with Gasteiger partial charge in [0.25, 0.3) is 11.6 Å². The Morgan fingerprint density at radius 1 is 1.22 bits per heavy atom. The van der Waals surface area contributed by atoms with Crippen LogP contribution in [0.5, 0.6) is 0 Å². The summed E-state index contributed by atoms with van der Waals surface area (Å²) in [6, 6.07) is 14.1. The third-order valence-electron chi connectivity index (χ3n) is 4.43. The second-order valence-corrected chi connectivity index (χ2v) is 5.83. The zero-order valence-corrected chi connectivity index (χ0v) is 12.9. The summed E-state index contributed by atoms with van der Waals surface area (Å²) in [5, 5.41) is 10.9. The van der Waals surface area contributed by atoms with Gasteiger partial charge in [-0.15, -0.1) is 0 Å². The van der Waals surface area contributed by atoms with Crippen LogP contribution < -0.4 is 0 Å². The lowest BCUT2D eigenvalue weighted by Crippen LogP contribution is -2.33. The van der Waals surface area contributed by atoms with Crippen molar-refractivity contribution < 1.29 is 9.72 Å². The molecular formula is C18H18N2O3. The smallest absolute Gasteiger partial charge is 0.270 e. The molecule has 3 rings (SSSR count). The van der Waals surface area contributed by atoms with Crippen LogP contribution >= 0.6 is 0 Å². The number of benzene rings is 2. The highest BCUT2D eigenvalue weighted by molar-refractivity contribution is 5.95. The van der Waals surface area contributed by atoms with Gasteiger partial charge in [-0.2, -0.15) is 0 Å². The molecule has 5 heteroatoms. The van der Waals surface area contributed by atoms with Crippen LogP contribution in [-0.2, 0) is 6.42 Å². The number of carbonyl (C=O) groups is 1. The quantitative estimate of drug-likeness (QED) is 0.640. The van der Waals surface area contributed by atoms with Gasteiger partial charge < -0.3 is 4.90 Å². The highest BCUT2D eigenvalue weighted by atomic mass is 16.6. The minimum absolute atomic E-state index is 0.0201. The predicted molar refractivity (Wildman–Crippen MR) is 87.3 cm³/mol.